The average molecular weight is 352 g/mol. The van der Waals surface area contributed by atoms with Crippen LogP contribution in [0.3, 0.4) is 0 Å². The van der Waals surface area contributed by atoms with Gasteiger partial charge in [-0.1, -0.05) is 18.2 Å². The fourth-order valence-electron chi connectivity index (χ4n) is 3.10. The number of oxazole rings is 1. The quantitative estimate of drug-likeness (QED) is 0.763. The smallest absolute Gasteiger partial charge is 0.255 e. The van der Waals surface area contributed by atoms with Gasteiger partial charge in [0.1, 0.15) is 6.26 Å². The summed E-state index contributed by atoms with van der Waals surface area (Å²) in [4.78, 5) is 17.1. The van der Waals surface area contributed by atoms with Crippen LogP contribution in [0.15, 0.2) is 47.2 Å². The summed E-state index contributed by atoms with van der Waals surface area (Å²) in [5.74, 6) is 0.554. The molecule has 1 atom stereocenters. The van der Waals surface area contributed by atoms with Gasteiger partial charge in [-0.3, -0.25) is 9.48 Å². The number of benzene rings is 1. The number of hydrogen-bond donors (Lipinski definition) is 1. The van der Waals surface area contributed by atoms with Gasteiger partial charge in [0.05, 0.1) is 30.1 Å². The Bertz CT molecular complexity index is 895. The molecule has 1 aliphatic heterocycles. The van der Waals surface area contributed by atoms with Crippen LogP contribution >= 0.6 is 0 Å². The maximum Gasteiger partial charge on any atom is 0.255 e. The number of carbonyl (C=O) groups excluding carboxylic acids is 1. The fourth-order valence-corrected chi connectivity index (χ4v) is 3.10. The maximum atomic E-state index is 12.6. The molecule has 1 fully saturated rings. The highest BCUT2D eigenvalue weighted by molar-refractivity contribution is 5.95. The lowest BCUT2D eigenvalue weighted by Crippen LogP contribution is -2.24. The zero-order chi connectivity index (χ0) is 17.9. The summed E-state index contributed by atoms with van der Waals surface area (Å²) in [6, 6.07) is 9.66. The Morgan fingerprint density at radius 3 is 2.96 bits per heavy atom. The normalized spacial score (nSPS) is 16.7. The molecule has 1 saturated heterocycles. The fraction of sp³-hybridized carbons (Fsp3) is 0.316. The van der Waals surface area contributed by atoms with Gasteiger partial charge in [-0.15, -0.1) is 0 Å². The van der Waals surface area contributed by atoms with Crippen molar-refractivity contribution >= 4 is 5.91 Å². The maximum absolute atomic E-state index is 12.6. The predicted octanol–water partition coefficient (Wildman–Crippen LogP) is 2.51. The summed E-state index contributed by atoms with van der Waals surface area (Å²) in [6.07, 6.45) is 4.21. The molecule has 134 valence electrons. The molecule has 1 N–H and O–H groups in total. The molecular formula is C19H20N4O3. The van der Waals surface area contributed by atoms with E-state index in [2.05, 4.69) is 15.4 Å². The minimum absolute atomic E-state index is 0.163. The topological polar surface area (TPSA) is 82.2 Å². The average Bonchev–Trinajstić information content (AvgIpc) is 3.40. The van der Waals surface area contributed by atoms with Crippen molar-refractivity contribution in [2.45, 2.75) is 18.9 Å². The first-order chi connectivity index (χ1) is 12.7. The molecule has 0 aliphatic carbocycles. The van der Waals surface area contributed by atoms with Gasteiger partial charge in [0, 0.05) is 31.3 Å². The van der Waals surface area contributed by atoms with Crippen molar-refractivity contribution in [1.82, 2.24) is 20.1 Å². The molecule has 1 aliphatic rings. The molecule has 7 nitrogen and oxygen atoms in total. The summed E-state index contributed by atoms with van der Waals surface area (Å²) in [5.41, 5.74) is 2.97. The summed E-state index contributed by atoms with van der Waals surface area (Å²) in [5, 5.41) is 7.36. The van der Waals surface area contributed by atoms with Crippen molar-refractivity contribution in [3.05, 3.63) is 59.7 Å². The first-order valence-electron chi connectivity index (χ1n) is 8.60. The minimum atomic E-state index is -0.163. The van der Waals surface area contributed by atoms with Crippen molar-refractivity contribution in [1.29, 1.82) is 0 Å². The number of amides is 1. The lowest BCUT2D eigenvalue weighted by Gasteiger charge is -2.07. The van der Waals surface area contributed by atoms with Crippen molar-refractivity contribution in [2.24, 2.45) is 7.05 Å². The number of carbonyl (C=O) groups is 1. The molecule has 0 radical (unpaired) electrons. The summed E-state index contributed by atoms with van der Waals surface area (Å²) >= 11 is 0. The molecule has 1 amide bonds. The van der Waals surface area contributed by atoms with Gasteiger partial charge in [0.2, 0.25) is 5.89 Å². The van der Waals surface area contributed by atoms with E-state index in [9.17, 15) is 4.79 Å². The molecular weight excluding hydrogens is 332 g/mol. The second kappa shape index (κ2) is 7.13. The lowest BCUT2D eigenvalue weighted by atomic mass is 10.0. The molecule has 1 aromatic carbocycles. The van der Waals surface area contributed by atoms with Gasteiger partial charge in [0.15, 0.2) is 0 Å². The summed E-state index contributed by atoms with van der Waals surface area (Å²) in [7, 11) is 1.82. The van der Waals surface area contributed by atoms with E-state index in [1.165, 1.54) is 0 Å². The Labute approximate surface area is 151 Å². The van der Waals surface area contributed by atoms with Crippen LogP contribution < -0.4 is 5.32 Å². The first kappa shape index (κ1) is 16.5. The van der Waals surface area contributed by atoms with Crippen molar-refractivity contribution in [3.63, 3.8) is 0 Å². The molecule has 1 unspecified atom stereocenters. The number of nitrogens with one attached hydrogen (secondary N) is 1. The van der Waals surface area contributed by atoms with Gasteiger partial charge in [-0.2, -0.15) is 5.10 Å². The Kier molecular flexibility index (Phi) is 4.53. The predicted molar refractivity (Wildman–Crippen MR) is 94.5 cm³/mol. The first-order valence-corrected chi connectivity index (χ1v) is 8.60. The number of aromatic nitrogens is 3. The number of aryl methyl sites for hydroxylation is 1. The molecule has 0 saturated carbocycles. The van der Waals surface area contributed by atoms with E-state index < -0.39 is 0 Å². The lowest BCUT2D eigenvalue weighted by molar-refractivity contribution is 0.0949. The molecule has 2 aromatic heterocycles. The largest absolute Gasteiger partial charge is 0.444 e. The standard InChI is InChI=1S/C19H20N4O3/c1-23-10-16(17(22-23)14-7-8-25-11-14)18(24)20-9-15-12-26-19(21-15)13-5-3-2-4-6-13/h2-6,10,12,14H,7-9,11H2,1H3,(H,20,24). The Morgan fingerprint density at radius 2 is 2.19 bits per heavy atom. The van der Waals surface area contributed by atoms with Crippen LogP contribution in [0.25, 0.3) is 11.5 Å². The molecule has 26 heavy (non-hydrogen) atoms. The third-order valence-electron chi connectivity index (χ3n) is 4.42. The van der Waals surface area contributed by atoms with Crippen molar-refractivity contribution in [3.8, 4) is 11.5 Å². The zero-order valence-electron chi connectivity index (χ0n) is 14.5. The molecule has 3 aromatic rings. The second-order valence-electron chi connectivity index (χ2n) is 6.35. The molecule has 7 heteroatoms. The molecule has 4 rings (SSSR count). The number of hydrogen-bond acceptors (Lipinski definition) is 5. The van der Waals surface area contributed by atoms with Gasteiger partial charge < -0.3 is 14.5 Å². The number of nitrogens with zero attached hydrogens (tertiary/aromatic N) is 3. The molecule has 0 spiro atoms. The van der Waals surface area contributed by atoms with Crippen LogP contribution in [0.4, 0.5) is 0 Å². The van der Waals surface area contributed by atoms with E-state index in [0.717, 1.165) is 17.7 Å². The highest BCUT2D eigenvalue weighted by atomic mass is 16.5. The van der Waals surface area contributed by atoms with E-state index in [1.54, 1.807) is 17.1 Å². The molecule has 3 heterocycles. The number of ether oxygens (including phenoxy) is 1. The van der Waals surface area contributed by atoms with Gasteiger partial charge in [-0.25, -0.2) is 4.98 Å². The van der Waals surface area contributed by atoms with E-state index >= 15 is 0 Å². The summed E-state index contributed by atoms with van der Waals surface area (Å²) in [6.45, 7) is 1.62. The van der Waals surface area contributed by atoms with Gasteiger partial charge >= 0.3 is 0 Å². The SMILES string of the molecule is Cn1cc(C(=O)NCc2coc(-c3ccccc3)n2)c(C2CCOC2)n1. The number of rotatable bonds is 5. The Hall–Kier alpha value is -2.93. The van der Waals surface area contributed by atoms with E-state index in [0.29, 0.717) is 36.9 Å². The zero-order valence-corrected chi connectivity index (χ0v) is 14.5. The van der Waals surface area contributed by atoms with Gasteiger partial charge in [0.25, 0.3) is 5.91 Å². The second-order valence-corrected chi connectivity index (χ2v) is 6.35. The Morgan fingerprint density at radius 1 is 1.35 bits per heavy atom. The van der Waals surface area contributed by atoms with Crippen LogP contribution in [0, 0.1) is 0 Å². The monoisotopic (exact) mass is 352 g/mol. The Balaban J connectivity index is 1.44. The van der Waals surface area contributed by atoms with Crippen LogP contribution in [-0.4, -0.2) is 33.9 Å². The van der Waals surface area contributed by atoms with Gasteiger partial charge in [-0.05, 0) is 18.6 Å². The van der Waals surface area contributed by atoms with Crippen LogP contribution in [0.5, 0.6) is 0 Å². The van der Waals surface area contributed by atoms with Crippen molar-refractivity contribution < 1.29 is 13.9 Å². The highest BCUT2D eigenvalue weighted by Crippen LogP contribution is 2.26. The van der Waals surface area contributed by atoms with E-state index in [-0.39, 0.29) is 11.8 Å². The van der Waals surface area contributed by atoms with Crippen LogP contribution in [0.1, 0.15) is 34.1 Å². The van der Waals surface area contributed by atoms with Crippen molar-refractivity contribution in [2.75, 3.05) is 13.2 Å². The summed E-state index contributed by atoms with van der Waals surface area (Å²) < 4.78 is 12.6. The van der Waals surface area contributed by atoms with E-state index in [1.807, 2.05) is 37.4 Å². The third-order valence-corrected chi connectivity index (χ3v) is 4.42. The van der Waals surface area contributed by atoms with Crippen LogP contribution in [0.2, 0.25) is 0 Å². The molecule has 0 bridgehead atoms. The van der Waals surface area contributed by atoms with E-state index in [4.69, 9.17) is 9.15 Å². The minimum Gasteiger partial charge on any atom is -0.444 e. The van der Waals surface area contributed by atoms with Crippen LogP contribution in [-0.2, 0) is 18.3 Å². The highest BCUT2D eigenvalue weighted by Gasteiger charge is 2.26. The third kappa shape index (κ3) is 3.39.